The van der Waals surface area contributed by atoms with E-state index in [1.807, 2.05) is 54.6 Å². The summed E-state index contributed by atoms with van der Waals surface area (Å²) in [6, 6.07) is 17.9. The van der Waals surface area contributed by atoms with Gasteiger partial charge in [-0.3, -0.25) is 0 Å². The summed E-state index contributed by atoms with van der Waals surface area (Å²) >= 11 is 5.32. The average Bonchev–Trinajstić information content (AvgIpc) is 2.48. The van der Waals surface area contributed by atoms with Crippen LogP contribution in [0.1, 0.15) is 18.5 Å². The molecule has 0 aromatic heterocycles. The lowest BCUT2D eigenvalue weighted by Gasteiger charge is -2.18. The van der Waals surface area contributed by atoms with Crippen molar-refractivity contribution in [2.24, 2.45) is 0 Å². The van der Waals surface area contributed by atoms with Crippen LogP contribution in [0, 0.1) is 0 Å². The molecule has 0 spiro atoms. The van der Waals surface area contributed by atoms with E-state index in [4.69, 9.17) is 17.0 Å². The fourth-order valence-electron chi connectivity index (χ4n) is 1.88. The Hall–Kier alpha value is -2.07. The summed E-state index contributed by atoms with van der Waals surface area (Å²) in [5, 5.41) is 7.02. The third kappa shape index (κ3) is 3.96. The molecule has 2 aromatic carbocycles. The van der Waals surface area contributed by atoms with Gasteiger partial charge in [0.2, 0.25) is 0 Å². The molecular formula is C16H18N2OS. The number of methoxy groups -OCH3 is 1. The Labute approximate surface area is 125 Å². The van der Waals surface area contributed by atoms with Crippen LogP contribution in [0.3, 0.4) is 0 Å². The Balaban J connectivity index is 1.96. The van der Waals surface area contributed by atoms with Gasteiger partial charge < -0.3 is 15.4 Å². The van der Waals surface area contributed by atoms with E-state index in [0.717, 1.165) is 17.0 Å². The molecule has 4 heteroatoms. The van der Waals surface area contributed by atoms with E-state index in [1.54, 1.807) is 7.11 Å². The molecule has 0 saturated heterocycles. The van der Waals surface area contributed by atoms with E-state index in [2.05, 4.69) is 17.6 Å². The number of rotatable bonds is 4. The summed E-state index contributed by atoms with van der Waals surface area (Å²) < 4.78 is 5.23. The third-order valence-electron chi connectivity index (χ3n) is 2.97. The van der Waals surface area contributed by atoms with Crippen molar-refractivity contribution in [3.63, 3.8) is 0 Å². The van der Waals surface area contributed by atoms with Crippen LogP contribution in [-0.4, -0.2) is 12.2 Å². The molecule has 20 heavy (non-hydrogen) atoms. The molecule has 3 nitrogen and oxygen atoms in total. The second-order valence-electron chi connectivity index (χ2n) is 4.46. The van der Waals surface area contributed by atoms with Gasteiger partial charge in [0, 0.05) is 5.69 Å². The molecule has 0 unspecified atom stereocenters. The predicted octanol–water partition coefficient (Wildman–Crippen LogP) is 3.74. The average molecular weight is 286 g/mol. The molecule has 0 fully saturated rings. The van der Waals surface area contributed by atoms with Crippen LogP contribution >= 0.6 is 12.2 Å². The summed E-state index contributed by atoms with van der Waals surface area (Å²) in [6.07, 6.45) is 0. The smallest absolute Gasteiger partial charge is 0.171 e. The van der Waals surface area contributed by atoms with Crippen molar-refractivity contribution in [3.05, 3.63) is 60.2 Å². The molecule has 0 radical (unpaired) electrons. The Morgan fingerprint density at radius 3 is 2.55 bits per heavy atom. The van der Waals surface area contributed by atoms with Crippen LogP contribution in [0.5, 0.6) is 5.75 Å². The quantitative estimate of drug-likeness (QED) is 0.839. The molecular weight excluding hydrogens is 268 g/mol. The molecule has 1 atom stereocenters. The number of anilines is 1. The first-order valence-corrected chi connectivity index (χ1v) is 6.86. The highest BCUT2D eigenvalue weighted by atomic mass is 32.1. The monoisotopic (exact) mass is 286 g/mol. The van der Waals surface area contributed by atoms with Crippen molar-refractivity contribution in [1.82, 2.24) is 5.32 Å². The lowest BCUT2D eigenvalue weighted by Crippen LogP contribution is -2.30. The topological polar surface area (TPSA) is 33.3 Å². The van der Waals surface area contributed by atoms with Crippen molar-refractivity contribution >= 4 is 23.0 Å². The number of nitrogens with one attached hydrogen (secondary N) is 2. The Morgan fingerprint density at radius 1 is 1.10 bits per heavy atom. The van der Waals surface area contributed by atoms with Crippen molar-refractivity contribution in [2.45, 2.75) is 13.0 Å². The molecule has 2 N–H and O–H groups in total. The van der Waals surface area contributed by atoms with Crippen LogP contribution in [0.2, 0.25) is 0 Å². The summed E-state index contributed by atoms with van der Waals surface area (Å²) in [4.78, 5) is 0. The fourth-order valence-corrected chi connectivity index (χ4v) is 2.17. The standard InChI is InChI=1S/C16H18N2OS/c1-12(13-7-6-10-15(11-13)19-2)17-16(20)18-14-8-4-3-5-9-14/h3-12H,1-2H3,(H2,17,18,20)/t12-/m0/s1. The van der Waals surface area contributed by atoms with E-state index in [9.17, 15) is 0 Å². The van der Waals surface area contributed by atoms with Crippen LogP contribution in [0.15, 0.2) is 54.6 Å². The minimum absolute atomic E-state index is 0.105. The van der Waals surface area contributed by atoms with Gasteiger partial charge in [-0.1, -0.05) is 30.3 Å². The zero-order valence-corrected chi connectivity index (χ0v) is 12.4. The van der Waals surface area contributed by atoms with Gasteiger partial charge in [0.15, 0.2) is 5.11 Å². The summed E-state index contributed by atoms with van der Waals surface area (Å²) in [6.45, 7) is 2.06. The summed E-state index contributed by atoms with van der Waals surface area (Å²) in [5.41, 5.74) is 2.10. The van der Waals surface area contributed by atoms with E-state index in [0.29, 0.717) is 5.11 Å². The molecule has 0 aliphatic heterocycles. The van der Waals surface area contributed by atoms with Gasteiger partial charge >= 0.3 is 0 Å². The number of hydrogen-bond acceptors (Lipinski definition) is 2. The van der Waals surface area contributed by atoms with Gasteiger partial charge in [-0.15, -0.1) is 0 Å². The first kappa shape index (κ1) is 14.3. The van der Waals surface area contributed by atoms with E-state index in [-0.39, 0.29) is 6.04 Å². The zero-order valence-electron chi connectivity index (χ0n) is 11.6. The first-order valence-electron chi connectivity index (χ1n) is 6.45. The van der Waals surface area contributed by atoms with Crippen LogP contribution in [-0.2, 0) is 0 Å². The lowest BCUT2D eigenvalue weighted by atomic mass is 10.1. The van der Waals surface area contributed by atoms with Gasteiger partial charge in [0.25, 0.3) is 0 Å². The highest BCUT2D eigenvalue weighted by molar-refractivity contribution is 7.80. The maximum absolute atomic E-state index is 5.32. The normalized spacial score (nSPS) is 11.5. The SMILES string of the molecule is COc1cccc([C@H](C)NC(=S)Nc2ccccc2)c1. The van der Waals surface area contributed by atoms with E-state index < -0.39 is 0 Å². The van der Waals surface area contributed by atoms with Gasteiger partial charge in [-0.25, -0.2) is 0 Å². The Morgan fingerprint density at radius 2 is 1.85 bits per heavy atom. The van der Waals surface area contributed by atoms with E-state index in [1.165, 1.54) is 0 Å². The maximum atomic E-state index is 5.32. The molecule has 0 amide bonds. The number of thiocarbonyl (C=S) groups is 1. The molecule has 2 aromatic rings. The Bertz CT molecular complexity index is 572. The molecule has 0 bridgehead atoms. The fraction of sp³-hybridized carbons (Fsp3) is 0.188. The molecule has 2 rings (SSSR count). The van der Waals surface area contributed by atoms with Crippen LogP contribution in [0.25, 0.3) is 0 Å². The van der Waals surface area contributed by atoms with Crippen LogP contribution in [0.4, 0.5) is 5.69 Å². The minimum atomic E-state index is 0.105. The van der Waals surface area contributed by atoms with Crippen molar-refractivity contribution in [2.75, 3.05) is 12.4 Å². The third-order valence-corrected chi connectivity index (χ3v) is 3.19. The summed E-state index contributed by atoms with van der Waals surface area (Å²) in [7, 11) is 1.67. The molecule has 0 heterocycles. The highest BCUT2D eigenvalue weighted by Crippen LogP contribution is 2.18. The number of benzene rings is 2. The molecule has 0 aliphatic carbocycles. The van der Waals surface area contributed by atoms with E-state index >= 15 is 0 Å². The zero-order chi connectivity index (χ0) is 14.4. The van der Waals surface area contributed by atoms with Crippen molar-refractivity contribution in [3.8, 4) is 5.75 Å². The Kier molecular flexibility index (Phi) is 4.96. The second-order valence-corrected chi connectivity index (χ2v) is 4.87. The highest BCUT2D eigenvalue weighted by Gasteiger charge is 2.07. The molecule has 104 valence electrons. The first-order chi connectivity index (χ1) is 9.69. The largest absolute Gasteiger partial charge is 0.497 e. The maximum Gasteiger partial charge on any atom is 0.171 e. The van der Waals surface area contributed by atoms with Crippen molar-refractivity contribution in [1.29, 1.82) is 0 Å². The van der Waals surface area contributed by atoms with Gasteiger partial charge in [-0.2, -0.15) is 0 Å². The number of hydrogen-bond donors (Lipinski definition) is 2. The predicted molar refractivity (Wildman–Crippen MR) is 87.2 cm³/mol. The summed E-state index contributed by atoms with van der Waals surface area (Å²) in [5.74, 6) is 0.845. The van der Waals surface area contributed by atoms with Gasteiger partial charge in [0.1, 0.15) is 5.75 Å². The molecule has 0 aliphatic rings. The molecule has 0 saturated carbocycles. The number of para-hydroxylation sites is 1. The lowest BCUT2D eigenvalue weighted by molar-refractivity contribution is 0.413. The van der Waals surface area contributed by atoms with Gasteiger partial charge in [0.05, 0.1) is 13.2 Å². The minimum Gasteiger partial charge on any atom is -0.497 e. The number of ether oxygens (including phenoxy) is 1. The second kappa shape index (κ2) is 6.91. The van der Waals surface area contributed by atoms with Gasteiger partial charge in [-0.05, 0) is 49.0 Å². The van der Waals surface area contributed by atoms with Crippen molar-refractivity contribution < 1.29 is 4.74 Å². The van der Waals surface area contributed by atoms with Crippen LogP contribution < -0.4 is 15.4 Å².